The zero-order valence-corrected chi connectivity index (χ0v) is 12.2. The van der Waals surface area contributed by atoms with Gasteiger partial charge in [0.2, 0.25) is 0 Å². The Bertz CT molecular complexity index is 691. The number of hydrogen-bond donors (Lipinski definition) is 0. The second-order valence-electron chi connectivity index (χ2n) is 4.38. The summed E-state index contributed by atoms with van der Waals surface area (Å²) in [6, 6.07) is 14.0. The maximum atomic E-state index is 10.9. The largest absolute Gasteiger partial charge is 0.494 e. The molecule has 0 radical (unpaired) electrons. The summed E-state index contributed by atoms with van der Waals surface area (Å²) in [6.07, 6.45) is 4.95. The molecule has 0 unspecified atom stereocenters. The van der Waals surface area contributed by atoms with E-state index in [2.05, 4.69) is 4.99 Å². The lowest BCUT2D eigenvalue weighted by atomic mass is 10.1. The molecule has 0 amide bonds. The first kappa shape index (κ1) is 15.4. The molecule has 0 fully saturated rings. The number of hydrogen-bond acceptors (Lipinski definition) is 4. The highest BCUT2D eigenvalue weighted by molar-refractivity contribution is 5.81. The Morgan fingerprint density at radius 1 is 1.18 bits per heavy atom. The first-order valence-corrected chi connectivity index (χ1v) is 6.87. The SMILES string of the molecule is CCOc1ccc(N=CC=Cc2ccccc2[N+](=O)[O-])cc1. The zero-order valence-electron chi connectivity index (χ0n) is 12.2. The smallest absolute Gasteiger partial charge is 0.276 e. The summed E-state index contributed by atoms with van der Waals surface area (Å²) >= 11 is 0. The third-order valence-corrected chi connectivity index (χ3v) is 2.87. The Balaban J connectivity index is 2.04. The first-order chi connectivity index (χ1) is 10.7. The van der Waals surface area contributed by atoms with Gasteiger partial charge in [-0.25, -0.2) is 0 Å². The third kappa shape index (κ3) is 4.28. The second-order valence-corrected chi connectivity index (χ2v) is 4.38. The van der Waals surface area contributed by atoms with Crippen LogP contribution in [0.4, 0.5) is 11.4 Å². The van der Waals surface area contributed by atoms with Gasteiger partial charge in [-0.3, -0.25) is 15.1 Å². The number of rotatable bonds is 6. The van der Waals surface area contributed by atoms with Crippen molar-refractivity contribution in [2.24, 2.45) is 4.99 Å². The number of benzene rings is 2. The van der Waals surface area contributed by atoms with Gasteiger partial charge in [0, 0.05) is 12.3 Å². The van der Waals surface area contributed by atoms with Crippen molar-refractivity contribution in [1.82, 2.24) is 0 Å². The standard InChI is InChI=1S/C17H16N2O3/c1-2-22-16-11-9-15(10-12-16)18-13-5-7-14-6-3-4-8-17(14)19(20)21/h3-13H,2H2,1H3. The fraction of sp³-hybridized carbons (Fsp3) is 0.118. The average molecular weight is 296 g/mol. The van der Waals surface area contributed by atoms with Crippen molar-refractivity contribution in [1.29, 1.82) is 0 Å². The molecule has 0 saturated heterocycles. The third-order valence-electron chi connectivity index (χ3n) is 2.87. The minimum Gasteiger partial charge on any atom is -0.494 e. The van der Waals surface area contributed by atoms with Crippen molar-refractivity contribution in [3.05, 3.63) is 70.3 Å². The van der Waals surface area contributed by atoms with Crippen molar-refractivity contribution < 1.29 is 9.66 Å². The number of nitro benzene ring substituents is 1. The maximum absolute atomic E-state index is 10.9. The quantitative estimate of drug-likeness (QED) is 0.450. The van der Waals surface area contributed by atoms with Gasteiger partial charge in [-0.2, -0.15) is 0 Å². The number of ether oxygens (including phenoxy) is 1. The predicted octanol–water partition coefficient (Wildman–Crippen LogP) is 4.41. The highest BCUT2D eigenvalue weighted by atomic mass is 16.6. The lowest BCUT2D eigenvalue weighted by molar-refractivity contribution is -0.385. The minimum atomic E-state index is -0.400. The molecule has 5 nitrogen and oxygen atoms in total. The molecule has 0 saturated carbocycles. The van der Waals surface area contributed by atoms with Gasteiger partial charge >= 0.3 is 0 Å². The van der Waals surface area contributed by atoms with Crippen molar-refractivity contribution in [2.75, 3.05) is 6.61 Å². The Morgan fingerprint density at radius 3 is 2.59 bits per heavy atom. The van der Waals surface area contributed by atoms with E-state index in [4.69, 9.17) is 4.74 Å². The van der Waals surface area contributed by atoms with E-state index in [-0.39, 0.29) is 5.69 Å². The van der Waals surface area contributed by atoms with Gasteiger partial charge in [0.05, 0.1) is 22.8 Å². The number of aliphatic imine (C=N–C) groups is 1. The molecule has 0 aromatic heterocycles. The van der Waals surface area contributed by atoms with Crippen LogP contribution in [-0.2, 0) is 0 Å². The fourth-order valence-corrected chi connectivity index (χ4v) is 1.87. The van der Waals surface area contributed by atoms with Crippen molar-refractivity contribution in [2.45, 2.75) is 6.92 Å². The maximum Gasteiger partial charge on any atom is 0.276 e. The molecule has 0 aliphatic carbocycles. The number of para-hydroxylation sites is 1. The normalized spacial score (nSPS) is 11.1. The molecule has 2 aromatic carbocycles. The monoisotopic (exact) mass is 296 g/mol. The van der Waals surface area contributed by atoms with Crippen LogP contribution in [0.5, 0.6) is 5.75 Å². The summed E-state index contributed by atoms with van der Waals surface area (Å²) in [5, 5.41) is 10.9. The summed E-state index contributed by atoms with van der Waals surface area (Å²) in [5.41, 5.74) is 1.41. The molecule has 0 N–H and O–H groups in total. The molecule has 0 aliphatic heterocycles. The summed E-state index contributed by atoms with van der Waals surface area (Å²) in [4.78, 5) is 14.7. The van der Waals surface area contributed by atoms with Crippen LogP contribution in [0.25, 0.3) is 6.08 Å². The molecule has 2 rings (SSSR count). The van der Waals surface area contributed by atoms with Crippen LogP contribution < -0.4 is 4.74 Å². The zero-order chi connectivity index (χ0) is 15.8. The molecule has 22 heavy (non-hydrogen) atoms. The number of nitro groups is 1. The van der Waals surface area contributed by atoms with Crippen LogP contribution >= 0.6 is 0 Å². The van der Waals surface area contributed by atoms with Crippen LogP contribution in [0.2, 0.25) is 0 Å². The van der Waals surface area contributed by atoms with Crippen LogP contribution in [0, 0.1) is 10.1 Å². The number of nitrogens with zero attached hydrogens (tertiary/aromatic N) is 2. The molecule has 0 aliphatic rings. The van der Waals surface area contributed by atoms with E-state index in [1.165, 1.54) is 6.07 Å². The highest BCUT2D eigenvalue weighted by Gasteiger charge is 2.08. The van der Waals surface area contributed by atoms with E-state index in [1.807, 2.05) is 31.2 Å². The Morgan fingerprint density at radius 2 is 1.91 bits per heavy atom. The Hall–Kier alpha value is -2.95. The van der Waals surface area contributed by atoms with Crippen LogP contribution in [0.3, 0.4) is 0 Å². The van der Waals surface area contributed by atoms with Gasteiger partial charge in [-0.15, -0.1) is 0 Å². The second kappa shape index (κ2) is 7.73. The van der Waals surface area contributed by atoms with E-state index < -0.39 is 4.92 Å². The Labute approximate surface area is 128 Å². The minimum absolute atomic E-state index is 0.0771. The van der Waals surface area contributed by atoms with E-state index in [0.29, 0.717) is 12.2 Å². The van der Waals surface area contributed by atoms with Crippen LogP contribution in [0.15, 0.2) is 59.6 Å². The summed E-state index contributed by atoms with van der Waals surface area (Å²) < 4.78 is 5.35. The van der Waals surface area contributed by atoms with Crippen molar-refractivity contribution in [3.8, 4) is 5.75 Å². The molecule has 5 heteroatoms. The van der Waals surface area contributed by atoms with Gasteiger partial charge in [0.25, 0.3) is 5.69 Å². The van der Waals surface area contributed by atoms with E-state index in [1.54, 1.807) is 36.6 Å². The summed E-state index contributed by atoms with van der Waals surface area (Å²) in [5.74, 6) is 0.803. The van der Waals surface area contributed by atoms with Gasteiger partial charge < -0.3 is 4.74 Å². The van der Waals surface area contributed by atoms with Gasteiger partial charge in [0.15, 0.2) is 0 Å². The van der Waals surface area contributed by atoms with E-state index in [9.17, 15) is 10.1 Å². The summed E-state index contributed by atoms with van der Waals surface area (Å²) in [7, 11) is 0. The first-order valence-electron chi connectivity index (χ1n) is 6.87. The predicted molar refractivity (Wildman–Crippen MR) is 87.9 cm³/mol. The molecule has 0 heterocycles. The topological polar surface area (TPSA) is 64.7 Å². The fourth-order valence-electron chi connectivity index (χ4n) is 1.87. The summed E-state index contributed by atoms with van der Waals surface area (Å²) in [6.45, 7) is 2.56. The lowest BCUT2D eigenvalue weighted by Crippen LogP contribution is -1.90. The molecule has 112 valence electrons. The molecular weight excluding hydrogens is 280 g/mol. The molecule has 0 bridgehead atoms. The molecule has 0 atom stereocenters. The average Bonchev–Trinajstić information content (AvgIpc) is 2.53. The lowest BCUT2D eigenvalue weighted by Gasteiger charge is -2.01. The van der Waals surface area contributed by atoms with E-state index in [0.717, 1.165) is 11.4 Å². The Kier molecular flexibility index (Phi) is 5.43. The van der Waals surface area contributed by atoms with Gasteiger partial charge in [-0.05, 0) is 49.4 Å². The van der Waals surface area contributed by atoms with Crippen molar-refractivity contribution >= 4 is 23.7 Å². The molecule has 0 spiro atoms. The van der Waals surface area contributed by atoms with Gasteiger partial charge in [-0.1, -0.05) is 12.1 Å². The number of allylic oxidation sites excluding steroid dienone is 1. The van der Waals surface area contributed by atoms with Gasteiger partial charge in [0.1, 0.15) is 5.75 Å². The highest BCUT2D eigenvalue weighted by Crippen LogP contribution is 2.19. The molecular formula is C17H16N2O3. The van der Waals surface area contributed by atoms with E-state index >= 15 is 0 Å². The van der Waals surface area contributed by atoms with Crippen LogP contribution in [0.1, 0.15) is 12.5 Å². The van der Waals surface area contributed by atoms with Crippen molar-refractivity contribution in [3.63, 3.8) is 0 Å². The molecule has 2 aromatic rings. The van der Waals surface area contributed by atoms with Crippen LogP contribution in [-0.4, -0.2) is 17.7 Å².